The molecule has 0 spiro atoms. The van der Waals surface area contributed by atoms with Gasteiger partial charge in [-0.2, -0.15) is 0 Å². The molecule has 0 unspecified atom stereocenters. The highest BCUT2D eigenvalue weighted by molar-refractivity contribution is 5.97. The van der Waals surface area contributed by atoms with Gasteiger partial charge in [-0.25, -0.2) is 9.80 Å². The Bertz CT molecular complexity index is 239. The Balaban J connectivity index is 3.94. The van der Waals surface area contributed by atoms with E-state index in [1.54, 1.807) is 6.92 Å². The van der Waals surface area contributed by atoms with E-state index in [1.807, 2.05) is 0 Å². The molecule has 2 amide bonds. The van der Waals surface area contributed by atoms with Crippen molar-refractivity contribution in [1.29, 1.82) is 0 Å². The highest BCUT2D eigenvalue weighted by Gasteiger charge is 2.15. The number of hydrogen-bond acceptors (Lipinski definition) is 4. The molecule has 0 atom stereocenters. The van der Waals surface area contributed by atoms with Crippen LogP contribution in [-0.4, -0.2) is 36.4 Å². The zero-order valence-electron chi connectivity index (χ0n) is 8.44. The van der Waals surface area contributed by atoms with Gasteiger partial charge < -0.3 is 4.74 Å². The molecule has 79 valence electrons. The molecular weight excluding hydrogens is 188 g/mol. The summed E-state index contributed by atoms with van der Waals surface area (Å²) in [5.74, 6) is -0.813. The average molecular weight is 201 g/mol. The minimum atomic E-state index is -0.841. The summed E-state index contributed by atoms with van der Waals surface area (Å²) in [6.07, 6.45) is -1.11. The molecule has 0 saturated heterocycles. The Hall–Kier alpha value is -1.59. The van der Waals surface area contributed by atoms with Crippen molar-refractivity contribution in [2.24, 2.45) is 0 Å². The molecule has 1 radical (unpaired) electrons. The Morgan fingerprint density at radius 3 is 2.36 bits per heavy atom. The number of rotatable bonds is 3. The number of ketones is 1. The van der Waals surface area contributed by atoms with E-state index >= 15 is 0 Å². The second-order valence-electron chi connectivity index (χ2n) is 2.60. The van der Waals surface area contributed by atoms with Crippen LogP contribution in [0.25, 0.3) is 0 Å². The SMILES string of the molecule is CCOC(=O)[N]N(C)C(=O)CC(C)=O. The van der Waals surface area contributed by atoms with Gasteiger partial charge in [-0.3, -0.25) is 9.59 Å². The summed E-state index contributed by atoms with van der Waals surface area (Å²) in [4.78, 5) is 32.4. The first kappa shape index (κ1) is 12.4. The molecule has 0 fully saturated rings. The highest BCUT2D eigenvalue weighted by Crippen LogP contribution is 1.91. The molecule has 0 aliphatic heterocycles. The molecule has 0 aliphatic rings. The van der Waals surface area contributed by atoms with Gasteiger partial charge in [-0.1, -0.05) is 5.43 Å². The molecule has 0 heterocycles. The molecule has 0 aliphatic carbocycles. The van der Waals surface area contributed by atoms with E-state index in [2.05, 4.69) is 10.2 Å². The van der Waals surface area contributed by atoms with Crippen LogP contribution >= 0.6 is 0 Å². The van der Waals surface area contributed by atoms with Gasteiger partial charge in [0.05, 0.1) is 13.0 Å². The number of amides is 2. The van der Waals surface area contributed by atoms with E-state index in [0.29, 0.717) is 0 Å². The van der Waals surface area contributed by atoms with Crippen LogP contribution in [-0.2, 0) is 14.3 Å². The van der Waals surface area contributed by atoms with Crippen molar-refractivity contribution in [3.63, 3.8) is 0 Å². The maximum atomic E-state index is 11.1. The lowest BCUT2D eigenvalue weighted by Gasteiger charge is -2.13. The van der Waals surface area contributed by atoms with Gasteiger partial charge in [0.2, 0.25) is 5.91 Å². The topological polar surface area (TPSA) is 77.8 Å². The molecule has 6 heteroatoms. The fourth-order valence-electron chi connectivity index (χ4n) is 0.658. The van der Waals surface area contributed by atoms with Crippen LogP contribution in [0.1, 0.15) is 20.3 Å². The smallest absolute Gasteiger partial charge is 0.447 e. The van der Waals surface area contributed by atoms with E-state index in [0.717, 1.165) is 5.01 Å². The quantitative estimate of drug-likeness (QED) is 0.479. The molecule has 0 aromatic rings. The first-order valence-corrected chi connectivity index (χ1v) is 4.11. The molecular formula is C8H13N2O4. The lowest BCUT2D eigenvalue weighted by atomic mass is 10.3. The van der Waals surface area contributed by atoms with Gasteiger partial charge in [0.1, 0.15) is 5.78 Å². The molecule has 0 aromatic carbocycles. The summed E-state index contributed by atoms with van der Waals surface area (Å²) in [5, 5.41) is 0.805. The Labute approximate surface area is 82.2 Å². The third kappa shape index (κ3) is 5.13. The molecule has 14 heavy (non-hydrogen) atoms. The average Bonchev–Trinajstić information content (AvgIpc) is 2.02. The summed E-state index contributed by atoms with van der Waals surface area (Å²) in [6.45, 7) is 3.11. The second kappa shape index (κ2) is 5.95. The predicted molar refractivity (Wildman–Crippen MR) is 47.2 cm³/mol. The summed E-state index contributed by atoms with van der Waals surface area (Å²) in [7, 11) is 1.29. The monoisotopic (exact) mass is 201 g/mol. The van der Waals surface area contributed by atoms with E-state index < -0.39 is 12.0 Å². The summed E-state index contributed by atoms with van der Waals surface area (Å²) in [6, 6.07) is 0. The molecule has 0 aromatic heterocycles. The minimum Gasteiger partial charge on any atom is -0.447 e. The Morgan fingerprint density at radius 2 is 1.93 bits per heavy atom. The van der Waals surface area contributed by atoms with Gasteiger partial charge in [-0.15, -0.1) is 0 Å². The van der Waals surface area contributed by atoms with Gasteiger partial charge in [0.25, 0.3) is 0 Å². The molecule has 0 N–H and O–H groups in total. The Kier molecular flexibility index (Phi) is 5.28. The van der Waals surface area contributed by atoms with Gasteiger partial charge in [0.15, 0.2) is 0 Å². The van der Waals surface area contributed by atoms with Crippen LogP contribution in [0.3, 0.4) is 0 Å². The zero-order chi connectivity index (χ0) is 11.1. The maximum absolute atomic E-state index is 11.1. The number of hydrogen-bond donors (Lipinski definition) is 0. The fourth-order valence-corrected chi connectivity index (χ4v) is 0.658. The van der Waals surface area contributed by atoms with Crippen molar-refractivity contribution in [2.45, 2.75) is 20.3 Å². The van der Waals surface area contributed by atoms with Crippen LogP contribution < -0.4 is 5.43 Å². The molecule has 0 bridgehead atoms. The third-order valence-corrected chi connectivity index (χ3v) is 1.26. The van der Waals surface area contributed by atoms with Crippen molar-refractivity contribution >= 4 is 17.8 Å². The first-order valence-electron chi connectivity index (χ1n) is 4.11. The molecule has 6 nitrogen and oxygen atoms in total. The number of ether oxygens (including phenoxy) is 1. The van der Waals surface area contributed by atoms with Crippen molar-refractivity contribution in [3.05, 3.63) is 0 Å². The predicted octanol–water partition coefficient (Wildman–Crippen LogP) is 0.0998. The Morgan fingerprint density at radius 1 is 1.36 bits per heavy atom. The number of carbonyl (C=O) groups excluding carboxylic acids is 3. The third-order valence-electron chi connectivity index (χ3n) is 1.26. The van der Waals surface area contributed by atoms with E-state index in [9.17, 15) is 14.4 Å². The first-order chi connectivity index (χ1) is 6.47. The van der Waals surface area contributed by atoms with Crippen molar-refractivity contribution < 1.29 is 19.1 Å². The second-order valence-corrected chi connectivity index (χ2v) is 2.60. The standard InChI is InChI=1S/C8H13N2O4/c1-4-14-8(13)9-10(3)7(12)5-6(2)11/h4-5H2,1-3H3. The minimum absolute atomic E-state index is 0.192. The maximum Gasteiger partial charge on any atom is 0.450 e. The van der Waals surface area contributed by atoms with E-state index in [-0.39, 0.29) is 18.8 Å². The van der Waals surface area contributed by atoms with Gasteiger partial charge >= 0.3 is 6.09 Å². The van der Waals surface area contributed by atoms with Gasteiger partial charge in [-0.05, 0) is 13.8 Å². The molecule has 0 saturated carbocycles. The van der Waals surface area contributed by atoms with E-state index in [1.165, 1.54) is 14.0 Å². The number of carbonyl (C=O) groups is 3. The van der Waals surface area contributed by atoms with Crippen LogP contribution in [0.5, 0.6) is 0 Å². The highest BCUT2D eigenvalue weighted by atomic mass is 16.6. The van der Waals surface area contributed by atoms with Crippen molar-refractivity contribution in [1.82, 2.24) is 10.4 Å². The number of Topliss-reactive ketones (excluding diaryl/α,β-unsaturated/α-hetero) is 1. The van der Waals surface area contributed by atoms with Gasteiger partial charge in [0, 0.05) is 7.05 Å². The summed E-state index contributed by atoms with van der Waals surface area (Å²) >= 11 is 0. The van der Waals surface area contributed by atoms with Crippen LogP contribution in [0, 0.1) is 0 Å². The summed E-state index contributed by atoms with van der Waals surface area (Å²) in [5.41, 5.74) is 3.29. The lowest BCUT2D eigenvalue weighted by molar-refractivity contribution is -0.136. The number of nitrogens with zero attached hydrogens (tertiary/aromatic N) is 2. The van der Waals surface area contributed by atoms with Crippen LogP contribution in [0.2, 0.25) is 0 Å². The largest absolute Gasteiger partial charge is 0.450 e. The normalized spacial score (nSPS) is 9.07. The fraction of sp³-hybridized carbons (Fsp3) is 0.625. The summed E-state index contributed by atoms with van der Waals surface area (Å²) < 4.78 is 4.48. The lowest BCUT2D eigenvalue weighted by Crippen LogP contribution is -2.38. The molecule has 0 rings (SSSR count). The zero-order valence-corrected chi connectivity index (χ0v) is 8.44. The van der Waals surface area contributed by atoms with Crippen molar-refractivity contribution in [2.75, 3.05) is 13.7 Å². The van der Waals surface area contributed by atoms with Crippen molar-refractivity contribution in [3.8, 4) is 0 Å². The van der Waals surface area contributed by atoms with Crippen LogP contribution in [0.4, 0.5) is 4.79 Å². The van der Waals surface area contributed by atoms with E-state index in [4.69, 9.17) is 0 Å². The van der Waals surface area contributed by atoms with Crippen LogP contribution in [0.15, 0.2) is 0 Å².